The van der Waals surface area contributed by atoms with Gasteiger partial charge in [-0.2, -0.15) is 8.78 Å². The molecule has 1 aromatic heterocycles. The zero-order valence-corrected chi connectivity index (χ0v) is 13.0. The number of hydrogen-bond acceptors (Lipinski definition) is 6. The third-order valence-electron chi connectivity index (χ3n) is 3.62. The van der Waals surface area contributed by atoms with E-state index in [1.54, 1.807) is 25.1 Å². The molecule has 24 heavy (non-hydrogen) atoms. The van der Waals surface area contributed by atoms with E-state index in [9.17, 15) is 8.78 Å². The summed E-state index contributed by atoms with van der Waals surface area (Å²) >= 11 is 0. The highest BCUT2D eigenvalue weighted by Gasteiger charge is 2.26. The van der Waals surface area contributed by atoms with Crippen molar-refractivity contribution in [2.75, 3.05) is 5.73 Å². The van der Waals surface area contributed by atoms with Gasteiger partial charge in [0, 0.05) is 11.3 Å². The van der Waals surface area contributed by atoms with Crippen LogP contribution < -0.4 is 16.2 Å². The number of nitrogen functional groups attached to an aromatic ring is 1. The van der Waals surface area contributed by atoms with Gasteiger partial charge in [-0.1, -0.05) is 6.07 Å². The second kappa shape index (κ2) is 6.38. The van der Waals surface area contributed by atoms with E-state index in [4.69, 9.17) is 16.2 Å². The molecule has 0 bridgehead atoms. The molecule has 0 spiro atoms. The number of rotatable bonds is 5. The van der Waals surface area contributed by atoms with Crippen LogP contribution in [0.5, 0.6) is 5.75 Å². The fraction of sp³-hybridized carbons (Fsp3) is 0.312. The van der Waals surface area contributed by atoms with Crippen molar-refractivity contribution < 1.29 is 13.5 Å². The van der Waals surface area contributed by atoms with Crippen LogP contribution >= 0.6 is 0 Å². The molecule has 1 aliphatic carbocycles. The largest absolute Gasteiger partial charge is 0.434 e. The molecule has 4 N–H and O–H groups in total. The Morgan fingerprint density at radius 2 is 2.08 bits per heavy atom. The topological polar surface area (TPSA) is 99.9 Å². The smallest absolute Gasteiger partial charge is 0.387 e. The van der Waals surface area contributed by atoms with Crippen molar-refractivity contribution in [3.05, 3.63) is 35.2 Å². The van der Waals surface area contributed by atoms with Crippen LogP contribution in [0.1, 0.15) is 36.9 Å². The van der Waals surface area contributed by atoms with Gasteiger partial charge in [0.1, 0.15) is 11.4 Å². The minimum atomic E-state index is -2.94. The van der Waals surface area contributed by atoms with Crippen molar-refractivity contribution in [2.45, 2.75) is 32.3 Å². The van der Waals surface area contributed by atoms with E-state index in [2.05, 4.69) is 15.2 Å². The normalized spacial score (nSPS) is 14.9. The summed E-state index contributed by atoms with van der Waals surface area (Å²) in [5.41, 5.74) is 13.7. The molecule has 0 radical (unpaired) electrons. The minimum Gasteiger partial charge on any atom is -0.434 e. The van der Waals surface area contributed by atoms with Gasteiger partial charge in [0.25, 0.3) is 0 Å². The number of nitrogens with two attached hydrogens (primary N) is 2. The lowest BCUT2D eigenvalue weighted by atomic mass is 10.0. The van der Waals surface area contributed by atoms with Crippen LogP contribution in [0.4, 0.5) is 14.7 Å². The van der Waals surface area contributed by atoms with Gasteiger partial charge >= 0.3 is 6.61 Å². The standard InChI is InChI=1S/C16H17F2N5O/c1-8(19)6-12-14(22-23-16(20)21-12)11-5-4-10(9-2-3-9)7-13(11)24-15(17)18/h4-7,9,15H,2-3,19H2,1H3,(H2,20,21,23). The van der Waals surface area contributed by atoms with Crippen LogP contribution in [0.25, 0.3) is 17.3 Å². The Morgan fingerprint density at radius 1 is 1.33 bits per heavy atom. The lowest BCUT2D eigenvalue weighted by Crippen LogP contribution is -2.07. The number of anilines is 1. The summed E-state index contributed by atoms with van der Waals surface area (Å²) in [5.74, 6) is 0.414. The van der Waals surface area contributed by atoms with Crippen LogP contribution in [-0.2, 0) is 0 Å². The fourth-order valence-electron chi connectivity index (χ4n) is 2.46. The molecule has 0 aliphatic heterocycles. The van der Waals surface area contributed by atoms with E-state index in [0.29, 0.717) is 22.9 Å². The van der Waals surface area contributed by atoms with E-state index in [-0.39, 0.29) is 17.4 Å². The number of benzene rings is 1. The van der Waals surface area contributed by atoms with E-state index in [0.717, 1.165) is 18.4 Å². The molecule has 6 nitrogen and oxygen atoms in total. The predicted molar refractivity (Wildman–Crippen MR) is 86.1 cm³/mol. The summed E-state index contributed by atoms with van der Waals surface area (Å²) in [5, 5.41) is 7.71. The lowest BCUT2D eigenvalue weighted by Gasteiger charge is -2.13. The number of aromatic nitrogens is 3. The Balaban J connectivity index is 2.12. The van der Waals surface area contributed by atoms with Gasteiger partial charge in [-0.15, -0.1) is 10.2 Å². The van der Waals surface area contributed by atoms with Crippen molar-refractivity contribution in [1.82, 2.24) is 15.2 Å². The van der Waals surface area contributed by atoms with Crippen LogP contribution in [-0.4, -0.2) is 21.8 Å². The molecule has 1 heterocycles. The highest BCUT2D eigenvalue weighted by molar-refractivity contribution is 5.75. The molecular formula is C16H17F2N5O. The van der Waals surface area contributed by atoms with Crippen molar-refractivity contribution in [2.24, 2.45) is 5.73 Å². The first-order valence-electron chi connectivity index (χ1n) is 7.47. The summed E-state index contributed by atoms with van der Waals surface area (Å²) in [4.78, 5) is 4.08. The summed E-state index contributed by atoms with van der Waals surface area (Å²) in [6.07, 6.45) is 3.66. The highest BCUT2D eigenvalue weighted by atomic mass is 19.3. The maximum absolute atomic E-state index is 12.8. The molecule has 0 amide bonds. The van der Waals surface area contributed by atoms with Crippen LogP contribution in [0, 0.1) is 0 Å². The summed E-state index contributed by atoms with van der Waals surface area (Å²) in [7, 11) is 0. The maximum atomic E-state index is 12.8. The van der Waals surface area contributed by atoms with Crippen molar-refractivity contribution in [3.63, 3.8) is 0 Å². The summed E-state index contributed by atoms with van der Waals surface area (Å²) in [6, 6.07) is 5.20. The van der Waals surface area contributed by atoms with Crippen LogP contribution in [0.3, 0.4) is 0 Å². The predicted octanol–water partition coefficient (Wildman–Crippen LogP) is 2.92. The number of allylic oxidation sites excluding steroid dienone is 1. The number of ether oxygens (including phenoxy) is 1. The molecule has 0 unspecified atom stereocenters. The van der Waals surface area contributed by atoms with Gasteiger partial charge in [-0.3, -0.25) is 0 Å². The molecule has 1 aromatic carbocycles. The number of alkyl halides is 2. The SMILES string of the molecule is CC(N)=Cc1nc(N)nnc1-c1ccc(C2CC2)cc1OC(F)F. The van der Waals surface area contributed by atoms with Gasteiger partial charge in [0.05, 0.1) is 5.69 Å². The van der Waals surface area contributed by atoms with E-state index in [1.807, 2.05) is 6.07 Å². The molecule has 126 valence electrons. The first-order chi connectivity index (χ1) is 11.4. The molecule has 2 aromatic rings. The van der Waals surface area contributed by atoms with Gasteiger partial charge in [0.15, 0.2) is 0 Å². The van der Waals surface area contributed by atoms with Crippen molar-refractivity contribution in [1.29, 1.82) is 0 Å². The molecule has 3 rings (SSSR count). The lowest BCUT2D eigenvalue weighted by molar-refractivity contribution is -0.0495. The Morgan fingerprint density at radius 3 is 2.71 bits per heavy atom. The third-order valence-corrected chi connectivity index (χ3v) is 3.62. The van der Waals surface area contributed by atoms with Crippen LogP contribution in [0.15, 0.2) is 23.9 Å². The molecule has 1 fully saturated rings. The van der Waals surface area contributed by atoms with E-state index >= 15 is 0 Å². The second-order valence-corrected chi connectivity index (χ2v) is 5.70. The molecule has 8 heteroatoms. The Hall–Kier alpha value is -2.77. The quantitative estimate of drug-likeness (QED) is 0.872. The average Bonchev–Trinajstić information content (AvgIpc) is 3.31. The van der Waals surface area contributed by atoms with Crippen molar-refractivity contribution in [3.8, 4) is 17.0 Å². The van der Waals surface area contributed by atoms with Crippen LogP contribution in [0.2, 0.25) is 0 Å². The molecule has 1 saturated carbocycles. The third kappa shape index (κ3) is 3.58. The van der Waals surface area contributed by atoms with Crippen molar-refractivity contribution >= 4 is 12.0 Å². The zero-order chi connectivity index (χ0) is 17.3. The first kappa shape index (κ1) is 16.1. The molecule has 0 atom stereocenters. The highest BCUT2D eigenvalue weighted by Crippen LogP contribution is 2.43. The Labute approximate surface area is 137 Å². The Bertz CT molecular complexity index is 786. The summed E-state index contributed by atoms with van der Waals surface area (Å²) in [6.45, 7) is -1.27. The fourth-order valence-corrected chi connectivity index (χ4v) is 2.46. The molecule has 0 saturated heterocycles. The molecule has 1 aliphatic rings. The number of nitrogens with zero attached hydrogens (tertiary/aromatic N) is 3. The van der Waals surface area contributed by atoms with E-state index in [1.165, 1.54) is 0 Å². The number of halogens is 2. The van der Waals surface area contributed by atoms with Gasteiger partial charge < -0.3 is 16.2 Å². The maximum Gasteiger partial charge on any atom is 0.387 e. The first-order valence-corrected chi connectivity index (χ1v) is 7.47. The second-order valence-electron chi connectivity index (χ2n) is 5.70. The summed E-state index contributed by atoms with van der Waals surface area (Å²) < 4.78 is 30.3. The monoisotopic (exact) mass is 333 g/mol. The minimum absolute atomic E-state index is 0.0304. The number of hydrogen-bond donors (Lipinski definition) is 2. The average molecular weight is 333 g/mol. The van der Waals surface area contributed by atoms with E-state index < -0.39 is 6.61 Å². The zero-order valence-electron chi connectivity index (χ0n) is 13.0. The van der Waals surface area contributed by atoms with Gasteiger partial charge in [0.2, 0.25) is 5.95 Å². The van der Waals surface area contributed by atoms with Gasteiger partial charge in [-0.05, 0) is 49.5 Å². The van der Waals surface area contributed by atoms with Gasteiger partial charge in [-0.25, -0.2) is 4.98 Å². The molecular weight excluding hydrogens is 316 g/mol. The Kier molecular flexibility index (Phi) is 4.28.